The van der Waals surface area contributed by atoms with Crippen molar-refractivity contribution in [3.05, 3.63) is 17.6 Å². The maximum absolute atomic E-state index is 4.52. The molecule has 18 heavy (non-hydrogen) atoms. The van der Waals surface area contributed by atoms with E-state index in [-0.39, 0.29) is 0 Å². The van der Waals surface area contributed by atoms with E-state index >= 15 is 0 Å². The first-order chi connectivity index (χ1) is 8.88. The Morgan fingerprint density at radius 1 is 1.22 bits per heavy atom. The molecule has 2 aliphatic heterocycles. The molecule has 0 radical (unpaired) electrons. The minimum absolute atomic E-state index is 0.916. The minimum Gasteiger partial charge on any atom is -0.354 e. The van der Waals surface area contributed by atoms with Gasteiger partial charge in [-0.05, 0) is 6.54 Å². The van der Waals surface area contributed by atoms with E-state index in [0.29, 0.717) is 0 Å². The van der Waals surface area contributed by atoms with E-state index in [1.807, 2.05) is 0 Å². The highest BCUT2D eigenvalue weighted by Crippen LogP contribution is 2.23. The fraction of sp³-hybridized carbons (Fsp3) is 0.692. The van der Waals surface area contributed by atoms with Gasteiger partial charge >= 0.3 is 0 Å². The molecule has 1 aromatic heterocycles. The van der Waals surface area contributed by atoms with Crippen molar-refractivity contribution in [1.29, 1.82) is 0 Å². The van der Waals surface area contributed by atoms with Gasteiger partial charge in [0.25, 0.3) is 0 Å². The first-order valence-corrected chi connectivity index (χ1v) is 6.89. The third-order valence-electron chi connectivity index (χ3n) is 3.97. The molecule has 5 nitrogen and oxygen atoms in total. The van der Waals surface area contributed by atoms with Crippen molar-refractivity contribution in [1.82, 2.24) is 20.2 Å². The average molecular weight is 247 g/mol. The highest BCUT2D eigenvalue weighted by atomic mass is 15.3. The number of anilines is 1. The SMILES string of the molecule is CCN1CCN(c2ncnc3c2CNCC3)CC1. The number of rotatable bonds is 2. The van der Waals surface area contributed by atoms with Crippen molar-refractivity contribution >= 4 is 5.82 Å². The third kappa shape index (κ3) is 2.20. The Bertz CT molecular complexity index is 412. The maximum atomic E-state index is 4.52. The lowest BCUT2D eigenvalue weighted by Gasteiger charge is -2.36. The summed E-state index contributed by atoms with van der Waals surface area (Å²) in [5.74, 6) is 1.16. The molecule has 0 bridgehead atoms. The molecule has 3 rings (SSSR count). The Morgan fingerprint density at radius 2 is 2.06 bits per heavy atom. The number of likely N-dealkylation sites (N-methyl/N-ethyl adjacent to an activating group) is 1. The number of hydrogen-bond donors (Lipinski definition) is 1. The number of nitrogens with zero attached hydrogens (tertiary/aromatic N) is 4. The summed E-state index contributed by atoms with van der Waals surface area (Å²) < 4.78 is 0. The first kappa shape index (κ1) is 11.9. The number of fused-ring (bicyclic) bond motifs is 1. The molecule has 0 aliphatic carbocycles. The second-order valence-corrected chi connectivity index (χ2v) is 4.97. The lowest BCUT2D eigenvalue weighted by Crippen LogP contribution is -2.47. The number of aromatic nitrogens is 2. The summed E-state index contributed by atoms with van der Waals surface area (Å²) in [6, 6.07) is 0. The van der Waals surface area contributed by atoms with Crippen LogP contribution in [0.15, 0.2) is 6.33 Å². The lowest BCUT2D eigenvalue weighted by atomic mass is 10.1. The van der Waals surface area contributed by atoms with Crippen LogP contribution >= 0.6 is 0 Å². The molecular formula is C13H21N5. The maximum Gasteiger partial charge on any atom is 0.136 e. The Kier molecular flexibility index (Phi) is 3.43. The minimum atomic E-state index is 0.916. The number of nitrogens with one attached hydrogen (secondary N) is 1. The molecular weight excluding hydrogens is 226 g/mol. The molecule has 0 saturated carbocycles. The van der Waals surface area contributed by atoms with E-state index in [1.54, 1.807) is 6.33 Å². The molecule has 1 fully saturated rings. The van der Waals surface area contributed by atoms with Gasteiger partial charge < -0.3 is 15.1 Å². The van der Waals surface area contributed by atoms with Gasteiger partial charge in [-0.15, -0.1) is 0 Å². The summed E-state index contributed by atoms with van der Waals surface area (Å²) in [6.45, 7) is 9.77. The van der Waals surface area contributed by atoms with Crippen LogP contribution in [0.1, 0.15) is 18.2 Å². The van der Waals surface area contributed by atoms with Gasteiger partial charge in [-0.2, -0.15) is 0 Å². The van der Waals surface area contributed by atoms with Gasteiger partial charge in [-0.25, -0.2) is 9.97 Å². The van der Waals surface area contributed by atoms with Crippen LogP contribution in [0.2, 0.25) is 0 Å². The Balaban J connectivity index is 1.80. The van der Waals surface area contributed by atoms with Gasteiger partial charge in [0.1, 0.15) is 12.1 Å². The third-order valence-corrected chi connectivity index (χ3v) is 3.97. The van der Waals surface area contributed by atoms with E-state index in [1.165, 1.54) is 11.3 Å². The van der Waals surface area contributed by atoms with Gasteiger partial charge in [0.2, 0.25) is 0 Å². The van der Waals surface area contributed by atoms with E-state index in [4.69, 9.17) is 0 Å². The van der Waals surface area contributed by atoms with Crippen molar-refractivity contribution in [3.8, 4) is 0 Å². The topological polar surface area (TPSA) is 44.3 Å². The zero-order valence-electron chi connectivity index (χ0n) is 11.0. The van der Waals surface area contributed by atoms with Gasteiger partial charge in [-0.3, -0.25) is 0 Å². The predicted molar refractivity (Wildman–Crippen MR) is 71.8 cm³/mol. The van der Waals surface area contributed by atoms with Crippen LogP contribution in [-0.4, -0.2) is 54.1 Å². The normalized spacial score (nSPS) is 20.8. The summed E-state index contributed by atoms with van der Waals surface area (Å²) in [4.78, 5) is 13.8. The zero-order chi connectivity index (χ0) is 12.4. The van der Waals surface area contributed by atoms with Crippen molar-refractivity contribution in [2.75, 3.05) is 44.2 Å². The quantitative estimate of drug-likeness (QED) is 0.812. The molecule has 0 aromatic carbocycles. The molecule has 98 valence electrons. The highest BCUT2D eigenvalue weighted by molar-refractivity contribution is 5.49. The summed E-state index contributed by atoms with van der Waals surface area (Å²) in [7, 11) is 0. The molecule has 0 amide bonds. The number of hydrogen-bond acceptors (Lipinski definition) is 5. The van der Waals surface area contributed by atoms with E-state index in [2.05, 4.69) is 32.0 Å². The molecule has 1 saturated heterocycles. The fourth-order valence-electron chi connectivity index (χ4n) is 2.80. The van der Waals surface area contributed by atoms with Gasteiger partial charge in [0.05, 0.1) is 5.69 Å². The van der Waals surface area contributed by atoms with E-state index in [0.717, 1.165) is 58.1 Å². The predicted octanol–water partition coefficient (Wildman–Crippen LogP) is 0.264. The van der Waals surface area contributed by atoms with Crippen LogP contribution in [-0.2, 0) is 13.0 Å². The van der Waals surface area contributed by atoms with Gasteiger partial charge in [0.15, 0.2) is 0 Å². The number of piperazine rings is 1. The molecule has 2 aliphatic rings. The van der Waals surface area contributed by atoms with Crippen molar-refractivity contribution in [2.24, 2.45) is 0 Å². The second kappa shape index (κ2) is 5.20. The van der Waals surface area contributed by atoms with Crippen LogP contribution in [0.5, 0.6) is 0 Å². The standard InChI is InChI=1S/C13H21N5/c1-2-17-5-7-18(8-6-17)13-11-9-14-4-3-12(11)15-10-16-13/h10,14H,2-9H2,1H3. The molecule has 0 atom stereocenters. The largest absolute Gasteiger partial charge is 0.354 e. The first-order valence-electron chi connectivity index (χ1n) is 6.89. The Morgan fingerprint density at radius 3 is 2.83 bits per heavy atom. The fourth-order valence-corrected chi connectivity index (χ4v) is 2.80. The van der Waals surface area contributed by atoms with Crippen LogP contribution in [0.3, 0.4) is 0 Å². The molecule has 5 heteroatoms. The second-order valence-electron chi connectivity index (χ2n) is 4.97. The van der Waals surface area contributed by atoms with Gasteiger partial charge in [-0.1, -0.05) is 6.92 Å². The summed E-state index contributed by atoms with van der Waals surface area (Å²) in [5.41, 5.74) is 2.55. The summed E-state index contributed by atoms with van der Waals surface area (Å²) >= 11 is 0. The molecule has 3 heterocycles. The summed E-state index contributed by atoms with van der Waals surface area (Å²) in [6.07, 6.45) is 2.76. The lowest BCUT2D eigenvalue weighted by molar-refractivity contribution is 0.270. The average Bonchev–Trinajstić information content (AvgIpc) is 2.47. The van der Waals surface area contributed by atoms with Crippen LogP contribution in [0.25, 0.3) is 0 Å². The van der Waals surface area contributed by atoms with Crippen molar-refractivity contribution in [3.63, 3.8) is 0 Å². The van der Waals surface area contributed by atoms with Crippen molar-refractivity contribution < 1.29 is 0 Å². The molecule has 0 unspecified atom stereocenters. The smallest absolute Gasteiger partial charge is 0.136 e. The van der Waals surface area contributed by atoms with Crippen molar-refractivity contribution in [2.45, 2.75) is 19.9 Å². The van der Waals surface area contributed by atoms with Crippen LogP contribution < -0.4 is 10.2 Å². The monoisotopic (exact) mass is 247 g/mol. The van der Waals surface area contributed by atoms with E-state index < -0.39 is 0 Å². The van der Waals surface area contributed by atoms with Crippen LogP contribution in [0, 0.1) is 0 Å². The van der Waals surface area contributed by atoms with E-state index in [9.17, 15) is 0 Å². The zero-order valence-corrected chi connectivity index (χ0v) is 11.0. The van der Waals surface area contributed by atoms with Crippen LogP contribution in [0.4, 0.5) is 5.82 Å². The Labute approximate surface area is 108 Å². The Hall–Kier alpha value is -1.20. The highest BCUT2D eigenvalue weighted by Gasteiger charge is 2.22. The molecule has 1 N–H and O–H groups in total. The summed E-state index contributed by atoms with van der Waals surface area (Å²) in [5, 5.41) is 3.42. The molecule has 1 aromatic rings. The van der Waals surface area contributed by atoms with Gasteiger partial charge in [0, 0.05) is 51.3 Å². The molecule has 0 spiro atoms.